The number of hydrogen-bond donors (Lipinski definition) is 1. The molecule has 1 heterocycles. The molecule has 0 fully saturated rings. The van der Waals surface area contributed by atoms with Gasteiger partial charge in [0.15, 0.2) is 0 Å². The fourth-order valence-corrected chi connectivity index (χ4v) is 1.74. The van der Waals surface area contributed by atoms with Crippen molar-refractivity contribution in [3.8, 4) is 11.6 Å². The molecule has 0 aliphatic carbocycles. The number of rotatable bonds is 3. The first kappa shape index (κ1) is 12.6. The van der Waals surface area contributed by atoms with Gasteiger partial charge in [0.05, 0.1) is 0 Å². The van der Waals surface area contributed by atoms with E-state index in [9.17, 15) is 0 Å². The quantitative estimate of drug-likeness (QED) is 0.898. The molecule has 2 N–H and O–H groups in total. The van der Waals surface area contributed by atoms with E-state index in [2.05, 4.69) is 18.0 Å². The Hall–Kier alpha value is -1.87. The van der Waals surface area contributed by atoms with Crippen molar-refractivity contribution in [2.45, 2.75) is 27.3 Å². The van der Waals surface area contributed by atoms with Gasteiger partial charge in [-0.2, -0.15) is 0 Å². The molecule has 3 heteroatoms. The van der Waals surface area contributed by atoms with Gasteiger partial charge in [0, 0.05) is 17.8 Å². The third kappa shape index (κ3) is 2.51. The van der Waals surface area contributed by atoms with Crippen molar-refractivity contribution in [3.05, 3.63) is 52.7 Å². The van der Waals surface area contributed by atoms with Crippen LogP contribution in [0.25, 0.3) is 0 Å². The number of benzene rings is 1. The minimum absolute atomic E-state index is 0.424. The molecule has 0 amide bonds. The van der Waals surface area contributed by atoms with E-state index in [1.165, 1.54) is 5.56 Å². The average Bonchev–Trinajstić information content (AvgIpc) is 2.35. The number of hydrogen-bond acceptors (Lipinski definition) is 3. The van der Waals surface area contributed by atoms with Gasteiger partial charge in [0.25, 0.3) is 0 Å². The molecule has 0 atom stereocenters. The lowest BCUT2D eigenvalue weighted by molar-refractivity contribution is 0.451. The van der Waals surface area contributed by atoms with Crippen LogP contribution in [0.5, 0.6) is 11.6 Å². The molecule has 1 aromatic carbocycles. The summed E-state index contributed by atoms with van der Waals surface area (Å²) in [5.74, 6) is 1.44. The zero-order valence-electron chi connectivity index (χ0n) is 11.0. The molecule has 1 aromatic heterocycles. The fraction of sp³-hybridized carbons (Fsp3) is 0.267. The maximum Gasteiger partial charge on any atom is 0.223 e. The predicted molar refractivity (Wildman–Crippen MR) is 72.9 cm³/mol. The van der Waals surface area contributed by atoms with Crippen LogP contribution in [0.15, 0.2) is 30.3 Å². The van der Waals surface area contributed by atoms with E-state index in [0.29, 0.717) is 12.4 Å². The molecule has 0 saturated carbocycles. The van der Waals surface area contributed by atoms with Crippen LogP contribution in [0.2, 0.25) is 0 Å². The van der Waals surface area contributed by atoms with Crippen LogP contribution < -0.4 is 10.5 Å². The summed E-state index contributed by atoms with van der Waals surface area (Å²) in [5.41, 5.74) is 9.88. The number of aryl methyl sites for hydroxylation is 2. The van der Waals surface area contributed by atoms with E-state index in [-0.39, 0.29) is 0 Å². The van der Waals surface area contributed by atoms with Crippen molar-refractivity contribution in [1.82, 2.24) is 4.98 Å². The summed E-state index contributed by atoms with van der Waals surface area (Å²) in [6.45, 7) is 6.47. The van der Waals surface area contributed by atoms with Gasteiger partial charge in [-0.05, 0) is 44.0 Å². The van der Waals surface area contributed by atoms with E-state index in [0.717, 1.165) is 22.6 Å². The van der Waals surface area contributed by atoms with Crippen LogP contribution in [-0.4, -0.2) is 4.98 Å². The van der Waals surface area contributed by atoms with Gasteiger partial charge in [-0.3, -0.25) is 0 Å². The third-order valence-electron chi connectivity index (χ3n) is 3.06. The molecular weight excluding hydrogens is 224 g/mol. The second kappa shape index (κ2) is 5.19. The standard InChI is InChI=1S/C15H18N2O/c1-10-5-4-6-14(12(10)3)18-15-13(9-16)8-7-11(2)17-15/h4-8H,9,16H2,1-3H3. The van der Waals surface area contributed by atoms with Crippen molar-refractivity contribution in [2.75, 3.05) is 0 Å². The summed E-state index contributed by atoms with van der Waals surface area (Å²) in [7, 11) is 0. The maximum absolute atomic E-state index is 5.90. The normalized spacial score (nSPS) is 10.4. The Bertz CT molecular complexity index is 564. The van der Waals surface area contributed by atoms with E-state index in [4.69, 9.17) is 10.5 Å². The van der Waals surface area contributed by atoms with Crippen LogP contribution in [0.4, 0.5) is 0 Å². The smallest absolute Gasteiger partial charge is 0.223 e. The van der Waals surface area contributed by atoms with Gasteiger partial charge in [-0.1, -0.05) is 18.2 Å². The number of pyridine rings is 1. The van der Waals surface area contributed by atoms with E-state index in [1.807, 2.05) is 38.1 Å². The largest absolute Gasteiger partial charge is 0.438 e. The molecule has 0 bridgehead atoms. The second-order valence-corrected chi connectivity index (χ2v) is 4.42. The molecule has 94 valence electrons. The summed E-state index contributed by atoms with van der Waals surface area (Å²) < 4.78 is 5.90. The zero-order chi connectivity index (χ0) is 13.1. The van der Waals surface area contributed by atoms with Crippen molar-refractivity contribution in [1.29, 1.82) is 0 Å². The first-order valence-electron chi connectivity index (χ1n) is 6.02. The molecule has 0 aliphatic heterocycles. The SMILES string of the molecule is Cc1ccc(CN)c(Oc2cccc(C)c2C)n1. The molecule has 0 unspecified atom stereocenters. The van der Waals surface area contributed by atoms with Crippen LogP contribution in [-0.2, 0) is 6.54 Å². The monoisotopic (exact) mass is 242 g/mol. The molecule has 0 spiro atoms. The Balaban J connectivity index is 2.39. The number of nitrogens with two attached hydrogens (primary N) is 1. The van der Waals surface area contributed by atoms with Crippen molar-refractivity contribution in [3.63, 3.8) is 0 Å². The lowest BCUT2D eigenvalue weighted by atomic mass is 10.1. The minimum Gasteiger partial charge on any atom is -0.438 e. The lowest BCUT2D eigenvalue weighted by Crippen LogP contribution is -2.02. The fourth-order valence-electron chi connectivity index (χ4n) is 1.74. The third-order valence-corrected chi connectivity index (χ3v) is 3.06. The summed E-state index contributed by atoms with van der Waals surface area (Å²) in [6.07, 6.45) is 0. The lowest BCUT2D eigenvalue weighted by Gasteiger charge is -2.12. The Kier molecular flexibility index (Phi) is 3.63. The van der Waals surface area contributed by atoms with Crippen LogP contribution in [0.1, 0.15) is 22.4 Å². The highest BCUT2D eigenvalue weighted by molar-refractivity contribution is 5.41. The summed E-state index contributed by atoms with van der Waals surface area (Å²) in [4.78, 5) is 4.41. The highest BCUT2D eigenvalue weighted by atomic mass is 16.5. The molecule has 18 heavy (non-hydrogen) atoms. The summed E-state index contributed by atoms with van der Waals surface area (Å²) in [5, 5.41) is 0. The van der Waals surface area contributed by atoms with Gasteiger partial charge in [-0.25, -0.2) is 4.98 Å². The molecule has 2 rings (SSSR count). The first-order chi connectivity index (χ1) is 8.61. The van der Waals surface area contributed by atoms with E-state index >= 15 is 0 Å². The van der Waals surface area contributed by atoms with Gasteiger partial charge in [-0.15, -0.1) is 0 Å². The number of nitrogens with zero attached hydrogens (tertiary/aromatic N) is 1. The van der Waals surface area contributed by atoms with E-state index in [1.54, 1.807) is 0 Å². The number of ether oxygens (including phenoxy) is 1. The van der Waals surface area contributed by atoms with Crippen molar-refractivity contribution in [2.24, 2.45) is 5.73 Å². The highest BCUT2D eigenvalue weighted by Gasteiger charge is 2.08. The van der Waals surface area contributed by atoms with E-state index < -0.39 is 0 Å². The van der Waals surface area contributed by atoms with Crippen molar-refractivity contribution < 1.29 is 4.74 Å². The summed E-state index contributed by atoms with van der Waals surface area (Å²) in [6, 6.07) is 9.90. The summed E-state index contributed by atoms with van der Waals surface area (Å²) >= 11 is 0. The Morgan fingerprint density at radius 3 is 2.61 bits per heavy atom. The minimum atomic E-state index is 0.424. The van der Waals surface area contributed by atoms with Crippen LogP contribution >= 0.6 is 0 Å². The second-order valence-electron chi connectivity index (χ2n) is 4.42. The Morgan fingerprint density at radius 2 is 1.89 bits per heavy atom. The molecule has 2 aromatic rings. The van der Waals surface area contributed by atoms with Gasteiger partial charge in [0.2, 0.25) is 5.88 Å². The highest BCUT2D eigenvalue weighted by Crippen LogP contribution is 2.27. The average molecular weight is 242 g/mol. The molecular formula is C15H18N2O. The van der Waals surface area contributed by atoms with Gasteiger partial charge < -0.3 is 10.5 Å². The van der Waals surface area contributed by atoms with Crippen LogP contribution in [0, 0.1) is 20.8 Å². The molecule has 0 radical (unpaired) electrons. The Morgan fingerprint density at radius 1 is 1.11 bits per heavy atom. The topological polar surface area (TPSA) is 48.1 Å². The molecule has 3 nitrogen and oxygen atoms in total. The zero-order valence-corrected chi connectivity index (χ0v) is 11.0. The van der Waals surface area contributed by atoms with Crippen molar-refractivity contribution >= 4 is 0 Å². The molecule has 0 saturated heterocycles. The van der Waals surface area contributed by atoms with Gasteiger partial charge in [0.1, 0.15) is 5.75 Å². The molecule has 0 aliphatic rings. The maximum atomic E-state index is 5.90. The van der Waals surface area contributed by atoms with Gasteiger partial charge >= 0.3 is 0 Å². The first-order valence-corrected chi connectivity index (χ1v) is 6.02. The number of aromatic nitrogens is 1. The predicted octanol–water partition coefficient (Wildman–Crippen LogP) is 3.26. The van der Waals surface area contributed by atoms with Crippen LogP contribution in [0.3, 0.4) is 0 Å². The Labute approximate surface area is 108 Å².